The number of ketones is 1. The van der Waals surface area contributed by atoms with Gasteiger partial charge >= 0.3 is 0 Å². The van der Waals surface area contributed by atoms with Gasteiger partial charge in [-0.3, -0.25) is 4.79 Å². The van der Waals surface area contributed by atoms with Gasteiger partial charge in [-0.25, -0.2) is 4.39 Å². The van der Waals surface area contributed by atoms with E-state index < -0.39 is 0 Å². The van der Waals surface area contributed by atoms with E-state index in [4.69, 9.17) is 5.73 Å². The molecule has 0 atom stereocenters. The maximum atomic E-state index is 13.4. The van der Waals surface area contributed by atoms with Crippen LogP contribution < -0.4 is 5.73 Å². The summed E-state index contributed by atoms with van der Waals surface area (Å²) >= 11 is 3.27. The molecule has 2 N–H and O–H groups in total. The van der Waals surface area contributed by atoms with E-state index in [1.807, 2.05) is 0 Å². The minimum Gasteiger partial charge on any atom is -0.398 e. The third-order valence-electron chi connectivity index (χ3n) is 2.62. The molecule has 0 saturated heterocycles. The van der Waals surface area contributed by atoms with Gasteiger partial charge in [-0.15, -0.1) is 0 Å². The van der Waals surface area contributed by atoms with E-state index in [2.05, 4.69) is 15.9 Å². The largest absolute Gasteiger partial charge is 0.398 e. The van der Waals surface area contributed by atoms with Gasteiger partial charge < -0.3 is 5.73 Å². The van der Waals surface area contributed by atoms with Gasteiger partial charge in [0.2, 0.25) is 0 Å². The number of benzene rings is 2. The maximum absolute atomic E-state index is 13.4. The van der Waals surface area contributed by atoms with Crippen LogP contribution in [0.3, 0.4) is 0 Å². The van der Waals surface area contributed by atoms with E-state index in [-0.39, 0.29) is 18.0 Å². The number of nitrogen functional groups attached to an aromatic ring is 1. The van der Waals surface area contributed by atoms with Crippen LogP contribution >= 0.6 is 15.9 Å². The molecular formula is C14H11BrFNO. The van der Waals surface area contributed by atoms with Gasteiger partial charge in [-0.2, -0.15) is 0 Å². The standard InChI is InChI=1S/C14H11BrFNO/c15-10-5-6-11(13(17)8-10)14(18)7-9-3-1-2-4-12(9)16/h1-6,8H,7,17H2. The molecule has 0 bridgehead atoms. The number of carbonyl (C=O) groups is 1. The number of nitrogens with two attached hydrogens (primary N) is 1. The summed E-state index contributed by atoms with van der Waals surface area (Å²) in [4.78, 5) is 12.0. The molecule has 0 spiro atoms. The smallest absolute Gasteiger partial charge is 0.169 e. The van der Waals surface area contributed by atoms with Gasteiger partial charge in [0.05, 0.1) is 0 Å². The van der Waals surface area contributed by atoms with Gasteiger partial charge in [-0.05, 0) is 29.8 Å². The molecule has 4 heteroatoms. The van der Waals surface area contributed by atoms with Gasteiger partial charge in [0.1, 0.15) is 5.82 Å². The molecule has 0 aromatic heterocycles. The molecule has 18 heavy (non-hydrogen) atoms. The van der Waals surface area contributed by atoms with E-state index in [1.165, 1.54) is 6.07 Å². The number of Topliss-reactive ketones (excluding diaryl/α,β-unsaturated/α-hetero) is 1. The van der Waals surface area contributed by atoms with Crippen molar-refractivity contribution in [2.75, 3.05) is 5.73 Å². The van der Waals surface area contributed by atoms with Crippen molar-refractivity contribution in [3.8, 4) is 0 Å². The molecule has 2 nitrogen and oxygen atoms in total. The first-order valence-electron chi connectivity index (χ1n) is 5.39. The Kier molecular flexibility index (Phi) is 3.77. The summed E-state index contributed by atoms with van der Waals surface area (Å²) in [6, 6.07) is 11.3. The van der Waals surface area contributed by atoms with Gasteiger partial charge in [-0.1, -0.05) is 34.1 Å². The van der Waals surface area contributed by atoms with Crippen molar-refractivity contribution in [1.29, 1.82) is 0 Å². The second-order valence-corrected chi connectivity index (χ2v) is 4.84. The summed E-state index contributed by atoms with van der Waals surface area (Å²) in [5.41, 5.74) is 6.96. The molecule has 0 unspecified atom stereocenters. The molecule has 0 fully saturated rings. The number of hydrogen-bond donors (Lipinski definition) is 1. The molecule has 0 aliphatic carbocycles. The molecule has 0 aliphatic rings. The Morgan fingerprint density at radius 1 is 1.22 bits per heavy atom. The third kappa shape index (κ3) is 2.76. The Balaban J connectivity index is 2.25. The first-order valence-corrected chi connectivity index (χ1v) is 6.19. The molecule has 0 heterocycles. The Hall–Kier alpha value is -1.68. The lowest BCUT2D eigenvalue weighted by Gasteiger charge is -2.06. The first-order chi connectivity index (χ1) is 8.58. The molecule has 0 saturated carbocycles. The molecule has 0 radical (unpaired) electrons. The van der Waals surface area contributed by atoms with Crippen molar-refractivity contribution in [2.45, 2.75) is 6.42 Å². The van der Waals surface area contributed by atoms with E-state index in [9.17, 15) is 9.18 Å². The average Bonchev–Trinajstić information content (AvgIpc) is 2.32. The van der Waals surface area contributed by atoms with Crippen LogP contribution in [-0.4, -0.2) is 5.78 Å². The Bertz CT molecular complexity index is 598. The van der Waals surface area contributed by atoms with Gasteiger partial charge in [0.15, 0.2) is 5.78 Å². The lowest BCUT2D eigenvalue weighted by molar-refractivity contribution is 0.0992. The Labute approximate surface area is 113 Å². The van der Waals surface area contributed by atoms with Crippen LogP contribution in [0.2, 0.25) is 0 Å². The summed E-state index contributed by atoms with van der Waals surface area (Å²) in [7, 11) is 0. The molecule has 2 aromatic rings. The molecule has 0 aliphatic heterocycles. The van der Waals surface area contributed by atoms with Crippen LogP contribution in [-0.2, 0) is 6.42 Å². The number of carbonyl (C=O) groups excluding carboxylic acids is 1. The van der Waals surface area contributed by atoms with E-state index in [0.29, 0.717) is 16.8 Å². The number of hydrogen-bond acceptors (Lipinski definition) is 2. The number of halogens is 2. The van der Waals surface area contributed by atoms with Gasteiger partial charge in [0.25, 0.3) is 0 Å². The van der Waals surface area contributed by atoms with Crippen molar-refractivity contribution < 1.29 is 9.18 Å². The van der Waals surface area contributed by atoms with Crippen molar-refractivity contribution in [2.24, 2.45) is 0 Å². The molecular weight excluding hydrogens is 297 g/mol. The van der Waals surface area contributed by atoms with Crippen molar-refractivity contribution in [3.63, 3.8) is 0 Å². The summed E-state index contributed by atoms with van der Waals surface area (Å²) in [5, 5.41) is 0. The normalized spacial score (nSPS) is 10.3. The molecule has 92 valence electrons. The topological polar surface area (TPSA) is 43.1 Å². The predicted octanol–water partition coefficient (Wildman–Crippen LogP) is 3.60. The van der Waals surface area contributed by atoms with Gasteiger partial charge in [0, 0.05) is 22.1 Å². The van der Waals surface area contributed by atoms with Crippen LogP contribution in [0.4, 0.5) is 10.1 Å². The van der Waals surface area contributed by atoms with Crippen LogP contribution in [0.15, 0.2) is 46.9 Å². The minimum atomic E-state index is -0.374. The Morgan fingerprint density at radius 2 is 1.94 bits per heavy atom. The zero-order valence-corrected chi connectivity index (χ0v) is 11.1. The SMILES string of the molecule is Nc1cc(Br)ccc1C(=O)Cc1ccccc1F. The fraction of sp³-hybridized carbons (Fsp3) is 0.0714. The van der Waals surface area contributed by atoms with Crippen molar-refractivity contribution in [1.82, 2.24) is 0 Å². The minimum absolute atomic E-state index is 0.0124. The van der Waals surface area contributed by atoms with Crippen LogP contribution in [0.25, 0.3) is 0 Å². The fourth-order valence-electron chi connectivity index (χ4n) is 1.70. The third-order valence-corrected chi connectivity index (χ3v) is 3.12. The van der Waals surface area contributed by atoms with Crippen molar-refractivity contribution >= 4 is 27.4 Å². The highest BCUT2D eigenvalue weighted by Crippen LogP contribution is 2.20. The summed E-state index contributed by atoms with van der Waals surface area (Å²) in [6.07, 6.45) is 0.0124. The number of anilines is 1. The predicted molar refractivity (Wildman–Crippen MR) is 73.0 cm³/mol. The lowest BCUT2D eigenvalue weighted by atomic mass is 10.0. The van der Waals surface area contributed by atoms with E-state index in [1.54, 1.807) is 36.4 Å². The lowest BCUT2D eigenvalue weighted by Crippen LogP contribution is -2.08. The quantitative estimate of drug-likeness (QED) is 0.695. The highest BCUT2D eigenvalue weighted by atomic mass is 79.9. The van der Waals surface area contributed by atoms with Crippen LogP contribution in [0.5, 0.6) is 0 Å². The summed E-state index contributed by atoms with van der Waals surface area (Å²) in [5.74, 6) is -0.563. The zero-order chi connectivity index (χ0) is 13.1. The number of rotatable bonds is 3. The zero-order valence-electron chi connectivity index (χ0n) is 9.49. The fourth-order valence-corrected chi connectivity index (χ4v) is 2.08. The molecule has 2 rings (SSSR count). The monoisotopic (exact) mass is 307 g/mol. The summed E-state index contributed by atoms with van der Waals surface area (Å²) in [6.45, 7) is 0. The second-order valence-electron chi connectivity index (χ2n) is 3.92. The highest BCUT2D eigenvalue weighted by Gasteiger charge is 2.12. The first kappa shape index (κ1) is 12.8. The summed E-state index contributed by atoms with van der Waals surface area (Å²) < 4.78 is 14.2. The molecule has 0 amide bonds. The second kappa shape index (κ2) is 5.31. The average molecular weight is 308 g/mol. The maximum Gasteiger partial charge on any atom is 0.169 e. The highest BCUT2D eigenvalue weighted by molar-refractivity contribution is 9.10. The Morgan fingerprint density at radius 3 is 2.61 bits per heavy atom. The van der Waals surface area contributed by atoms with E-state index in [0.717, 1.165) is 4.47 Å². The van der Waals surface area contributed by atoms with Crippen LogP contribution in [0, 0.1) is 5.82 Å². The molecule has 2 aromatic carbocycles. The van der Waals surface area contributed by atoms with Crippen LogP contribution in [0.1, 0.15) is 15.9 Å². The van der Waals surface area contributed by atoms with E-state index >= 15 is 0 Å². The van der Waals surface area contributed by atoms with Crippen molar-refractivity contribution in [3.05, 3.63) is 63.9 Å².